The number of carboxylic acid groups (broad SMARTS) is 1. The van der Waals surface area contributed by atoms with E-state index < -0.39 is 29.4 Å². The lowest BCUT2D eigenvalue weighted by molar-refractivity contribution is -0.149. The molecule has 0 amide bonds. The monoisotopic (exact) mass is 320 g/mol. The lowest BCUT2D eigenvalue weighted by Gasteiger charge is -2.36. The number of carbonyl (C=O) groups excluding carboxylic acids is 1. The van der Waals surface area contributed by atoms with Crippen molar-refractivity contribution in [1.82, 2.24) is 9.78 Å². The van der Waals surface area contributed by atoms with Crippen molar-refractivity contribution in [3.8, 4) is 0 Å². The van der Waals surface area contributed by atoms with Crippen molar-refractivity contribution in [3.05, 3.63) is 17.5 Å². The summed E-state index contributed by atoms with van der Waals surface area (Å²) >= 11 is 0. The Labute approximate surface area is 123 Å². The van der Waals surface area contributed by atoms with Crippen LogP contribution in [0.1, 0.15) is 48.3 Å². The minimum atomic E-state index is -4.80. The number of hydrogen-bond donors (Lipinski definition) is 1. The molecule has 0 saturated heterocycles. The van der Waals surface area contributed by atoms with Gasteiger partial charge in [-0.2, -0.15) is 18.3 Å². The molecule has 9 heteroatoms. The van der Waals surface area contributed by atoms with Gasteiger partial charge in [-0.3, -0.25) is 9.48 Å². The first-order valence-electron chi connectivity index (χ1n) is 6.77. The molecule has 2 rings (SSSR count). The summed E-state index contributed by atoms with van der Waals surface area (Å²) in [5, 5.41) is 12.4. The lowest BCUT2D eigenvalue weighted by Crippen LogP contribution is -2.32. The van der Waals surface area contributed by atoms with Crippen molar-refractivity contribution < 1.29 is 32.6 Å². The number of esters is 1. The number of aromatic carboxylic acids is 1. The van der Waals surface area contributed by atoms with Crippen molar-refractivity contribution in [2.45, 2.75) is 38.4 Å². The fourth-order valence-corrected chi connectivity index (χ4v) is 2.60. The fourth-order valence-electron chi connectivity index (χ4n) is 2.60. The average molecular weight is 320 g/mol. The first kappa shape index (κ1) is 16.3. The Morgan fingerprint density at radius 2 is 2.09 bits per heavy atom. The second-order valence-corrected chi connectivity index (χ2v) is 5.15. The first-order chi connectivity index (χ1) is 10.2. The average Bonchev–Trinajstić information content (AvgIpc) is 2.77. The quantitative estimate of drug-likeness (QED) is 0.843. The van der Waals surface area contributed by atoms with Crippen LogP contribution in [0.2, 0.25) is 0 Å². The molecular weight excluding hydrogens is 305 g/mol. The van der Waals surface area contributed by atoms with E-state index in [2.05, 4.69) is 5.10 Å². The molecule has 22 heavy (non-hydrogen) atoms. The molecule has 0 spiro atoms. The van der Waals surface area contributed by atoms with Gasteiger partial charge in [0.1, 0.15) is 5.56 Å². The summed E-state index contributed by atoms with van der Waals surface area (Å²) in [6.45, 7) is 1.93. The van der Waals surface area contributed by atoms with Crippen LogP contribution in [0.5, 0.6) is 0 Å². The molecule has 1 aromatic heterocycles. The van der Waals surface area contributed by atoms with Crippen LogP contribution < -0.4 is 0 Å². The van der Waals surface area contributed by atoms with E-state index >= 15 is 0 Å². The summed E-state index contributed by atoms with van der Waals surface area (Å²) in [5.41, 5.74) is -2.11. The van der Waals surface area contributed by atoms with Crippen molar-refractivity contribution in [2.75, 3.05) is 6.61 Å². The Kier molecular flexibility index (Phi) is 4.43. The van der Waals surface area contributed by atoms with Crippen LogP contribution in [0, 0.1) is 5.92 Å². The summed E-state index contributed by atoms with van der Waals surface area (Å²) in [7, 11) is 0. The van der Waals surface area contributed by atoms with Gasteiger partial charge in [0.15, 0.2) is 5.69 Å². The third kappa shape index (κ3) is 3.23. The summed E-state index contributed by atoms with van der Waals surface area (Å²) in [6, 6.07) is -0.552. The zero-order valence-electron chi connectivity index (χ0n) is 11.8. The van der Waals surface area contributed by atoms with Gasteiger partial charge in [0.2, 0.25) is 0 Å². The fraction of sp³-hybridized carbons (Fsp3) is 0.615. The molecule has 0 aromatic carbocycles. The van der Waals surface area contributed by atoms with Gasteiger partial charge in [-0.15, -0.1) is 0 Å². The van der Waals surface area contributed by atoms with Gasteiger partial charge in [0.05, 0.1) is 18.8 Å². The van der Waals surface area contributed by atoms with Gasteiger partial charge >= 0.3 is 18.1 Å². The molecule has 1 saturated carbocycles. The van der Waals surface area contributed by atoms with E-state index in [4.69, 9.17) is 9.84 Å². The molecule has 1 N–H and O–H groups in total. The molecule has 1 aliphatic rings. The van der Waals surface area contributed by atoms with Crippen LogP contribution >= 0.6 is 0 Å². The zero-order valence-corrected chi connectivity index (χ0v) is 11.8. The molecule has 1 fully saturated rings. The largest absolute Gasteiger partial charge is 0.478 e. The van der Waals surface area contributed by atoms with Crippen molar-refractivity contribution in [2.24, 2.45) is 5.92 Å². The number of aromatic nitrogens is 2. The number of ether oxygens (including phenoxy) is 1. The topological polar surface area (TPSA) is 81.4 Å². The molecule has 0 radical (unpaired) electrons. The maximum absolute atomic E-state index is 13.0. The number of carbonyl (C=O) groups is 2. The first-order valence-corrected chi connectivity index (χ1v) is 6.77. The van der Waals surface area contributed by atoms with Crippen LogP contribution in [0.15, 0.2) is 6.20 Å². The summed E-state index contributed by atoms with van der Waals surface area (Å²) in [6.07, 6.45) is -3.26. The normalized spacial score (nSPS) is 21.3. The van der Waals surface area contributed by atoms with Gasteiger partial charge in [0, 0.05) is 6.42 Å². The zero-order chi connectivity index (χ0) is 16.5. The van der Waals surface area contributed by atoms with Crippen LogP contribution in [0.4, 0.5) is 13.2 Å². The third-order valence-corrected chi connectivity index (χ3v) is 3.61. The molecule has 1 heterocycles. The Morgan fingerprint density at radius 1 is 1.45 bits per heavy atom. The van der Waals surface area contributed by atoms with Gasteiger partial charge in [-0.05, 0) is 25.7 Å². The molecule has 6 nitrogen and oxygen atoms in total. The number of alkyl halides is 3. The highest BCUT2D eigenvalue weighted by atomic mass is 19.4. The molecule has 0 atom stereocenters. The van der Waals surface area contributed by atoms with E-state index in [-0.39, 0.29) is 24.9 Å². The predicted molar refractivity (Wildman–Crippen MR) is 67.2 cm³/mol. The van der Waals surface area contributed by atoms with Crippen LogP contribution in [-0.4, -0.2) is 33.4 Å². The van der Waals surface area contributed by atoms with E-state index in [0.29, 0.717) is 23.7 Å². The molecular formula is C13H15F3N2O4. The molecule has 0 unspecified atom stereocenters. The molecule has 122 valence electrons. The summed E-state index contributed by atoms with van der Waals surface area (Å²) in [4.78, 5) is 22.2. The second-order valence-electron chi connectivity index (χ2n) is 5.15. The van der Waals surface area contributed by atoms with Crippen molar-refractivity contribution in [3.63, 3.8) is 0 Å². The molecule has 1 aliphatic carbocycles. The van der Waals surface area contributed by atoms with Gasteiger partial charge in [0.25, 0.3) is 0 Å². The number of nitrogens with zero attached hydrogens (tertiary/aromatic N) is 2. The Hall–Kier alpha value is -2.06. The highest BCUT2D eigenvalue weighted by Crippen LogP contribution is 2.43. The maximum Gasteiger partial charge on any atom is 0.433 e. The van der Waals surface area contributed by atoms with Gasteiger partial charge in [-0.25, -0.2) is 4.79 Å². The highest BCUT2D eigenvalue weighted by molar-refractivity contribution is 5.88. The van der Waals surface area contributed by atoms with E-state index in [9.17, 15) is 22.8 Å². The molecule has 0 aliphatic heterocycles. The third-order valence-electron chi connectivity index (χ3n) is 3.61. The number of rotatable bonds is 5. The lowest BCUT2D eigenvalue weighted by atomic mass is 9.78. The van der Waals surface area contributed by atoms with E-state index in [0.717, 1.165) is 0 Å². The van der Waals surface area contributed by atoms with Gasteiger partial charge in [-0.1, -0.05) is 0 Å². The van der Waals surface area contributed by atoms with E-state index in [1.54, 1.807) is 6.92 Å². The maximum atomic E-state index is 13.0. The van der Waals surface area contributed by atoms with E-state index in [1.165, 1.54) is 0 Å². The predicted octanol–water partition coefficient (Wildman–Crippen LogP) is 2.50. The molecule has 0 bridgehead atoms. The molecule has 1 aromatic rings. The Morgan fingerprint density at radius 3 is 2.59 bits per heavy atom. The van der Waals surface area contributed by atoms with Crippen molar-refractivity contribution >= 4 is 11.9 Å². The van der Waals surface area contributed by atoms with Crippen LogP contribution in [-0.2, 0) is 15.7 Å². The minimum Gasteiger partial charge on any atom is -0.478 e. The van der Waals surface area contributed by atoms with E-state index in [1.807, 2.05) is 0 Å². The summed E-state index contributed by atoms with van der Waals surface area (Å²) in [5.74, 6) is -2.11. The highest BCUT2D eigenvalue weighted by Gasteiger charge is 2.44. The van der Waals surface area contributed by atoms with Crippen LogP contribution in [0.25, 0.3) is 0 Å². The number of carboxylic acids is 1. The SMILES string of the molecule is CCOC(=O)C[C@H]1C[C@H](n2ncc(C(=O)O)c2C(F)(F)F)C1. The second kappa shape index (κ2) is 5.98. The number of hydrogen-bond acceptors (Lipinski definition) is 4. The van der Waals surface area contributed by atoms with Crippen molar-refractivity contribution in [1.29, 1.82) is 0 Å². The minimum absolute atomic E-state index is 0.0670. The number of halogens is 3. The summed E-state index contributed by atoms with van der Waals surface area (Å²) < 4.78 is 44.6. The van der Waals surface area contributed by atoms with Gasteiger partial charge < -0.3 is 9.84 Å². The smallest absolute Gasteiger partial charge is 0.433 e. The van der Waals surface area contributed by atoms with Crippen LogP contribution in [0.3, 0.4) is 0 Å². The standard InChI is InChI=1S/C13H15F3N2O4/c1-2-22-10(19)5-7-3-8(4-7)18-11(13(14,15)16)9(6-17-18)12(20)21/h6-8H,2-5H2,1H3,(H,20,21)/t7-,8-. The Bertz CT molecular complexity index is 576. The Balaban J connectivity index is 2.09.